The number of rotatable bonds is 8. The van der Waals surface area contributed by atoms with Gasteiger partial charge in [0.25, 0.3) is 0 Å². The summed E-state index contributed by atoms with van der Waals surface area (Å²) in [6.07, 6.45) is -16.6. The van der Waals surface area contributed by atoms with Crippen LogP contribution in [-0.4, -0.2) is 125 Å². The third kappa shape index (κ3) is 6.08. The number of carboxylic acid groups (broad SMARTS) is 1. The largest absolute Gasteiger partial charge is 0.479 e. The average Bonchev–Trinajstić information content (AvgIpc) is 2.68. The van der Waals surface area contributed by atoms with Gasteiger partial charge in [0.2, 0.25) is 5.91 Å². The Balaban J connectivity index is 2.42. The molecule has 2 fully saturated rings. The first-order valence-electron chi connectivity index (χ1n) is 9.10. The molecule has 186 valence electrons. The van der Waals surface area contributed by atoms with Gasteiger partial charge < -0.3 is 49.8 Å². The Morgan fingerprint density at radius 2 is 1.66 bits per heavy atom. The number of nitrogens with one attached hydrogen (secondary N) is 1. The standard InChI is InChI=1S/C15H25NO15S/c1-4(18)16-6-11(31-32(24,25)26)10(5(3-17)28-14(6)27-2)29-15-9(21)7(19)8(20)12(30-15)13(22)23/h5-12,14-15,17,19-21H,3H2,1-2H3,(H,16,18)(H,22,23)(H,24,25,26)/t5-,6-,7+,8+,9-,10-,11-,12+,14+,15-/m1/s1. The van der Waals surface area contributed by atoms with Gasteiger partial charge in [-0.3, -0.25) is 9.35 Å². The molecule has 10 atom stereocenters. The van der Waals surface area contributed by atoms with Crippen LogP contribution in [0.1, 0.15) is 6.92 Å². The zero-order valence-corrected chi connectivity index (χ0v) is 17.6. The summed E-state index contributed by atoms with van der Waals surface area (Å²) in [5, 5.41) is 51.0. The van der Waals surface area contributed by atoms with E-state index < -0.39 is 90.2 Å². The topological polar surface area (TPSA) is 248 Å². The lowest BCUT2D eigenvalue weighted by atomic mass is 9.95. The van der Waals surface area contributed by atoms with E-state index in [1.54, 1.807) is 0 Å². The van der Waals surface area contributed by atoms with E-state index in [0.29, 0.717) is 0 Å². The van der Waals surface area contributed by atoms with Gasteiger partial charge in [0, 0.05) is 14.0 Å². The van der Waals surface area contributed by atoms with Crippen LogP contribution in [0.3, 0.4) is 0 Å². The Labute approximate surface area is 181 Å². The highest BCUT2D eigenvalue weighted by atomic mass is 32.3. The minimum absolute atomic E-state index is 0.704. The molecule has 0 aromatic heterocycles. The van der Waals surface area contributed by atoms with Gasteiger partial charge in [0.05, 0.1) is 6.61 Å². The summed E-state index contributed by atoms with van der Waals surface area (Å²) in [5.41, 5.74) is 0. The lowest BCUT2D eigenvalue weighted by Crippen LogP contribution is -2.68. The summed E-state index contributed by atoms with van der Waals surface area (Å²) in [4.78, 5) is 22.9. The molecule has 2 aliphatic heterocycles. The molecule has 0 saturated carbocycles. The fraction of sp³-hybridized carbons (Fsp3) is 0.867. The molecule has 0 radical (unpaired) electrons. The summed E-state index contributed by atoms with van der Waals surface area (Å²) in [7, 11) is -4.07. The molecule has 2 aliphatic rings. The van der Waals surface area contributed by atoms with E-state index >= 15 is 0 Å². The van der Waals surface area contributed by atoms with Gasteiger partial charge in [0.15, 0.2) is 18.7 Å². The molecule has 0 aromatic carbocycles. The summed E-state index contributed by atoms with van der Waals surface area (Å²) < 4.78 is 57.6. The lowest BCUT2D eigenvalue weighted by Gasteiger charge is -2.47. The Kier molecular flexibility index (Phi) is 8.87. The minimum atomic E-state index is -5.20. The number of amides is 1. The molecule has 1 amide bonds. The van der Waals surface area contributed by atoms with E-state index in [9.17, 15) is 43.0 Å². The lowest BCUT2D eigenvalue weighted by molar-refractivity contribution is -0.340. The van der Waals surface area contributed by atoms with Gasteiger partial charge in [0.1, 0.15) is 42.7 Å². The number of carbonyl (C=O) groups is 2. The monoisotopic (exact) mass is 491 g/mol. The summed E-state index contributed by atoms with van der Waals surface area (Å²) in [5.74, 6) is -2.42. The Morgan fingerprint density at radius 3 is 2.12 bits per heavy atom. The van der Waals surface area contributed by atoms with Crippen LogP contribution in [-0.2, 0) is 43.1 Å². The van der Waals surface area contributed by atoms with E-state index in [1.165, 1.54) is 0 Å². The highest BCUT2D eigenvalue weighted by molar-refractivity contribution is 7.80. The van der Waals surface area contributed by atoms with Crippen molar-refractivity contribution in [2.45, 2.75) is 68.3 Å². The molecule has 0 spiro atoms. The van der Waals surface area contributed by atoms with Crippen molar-refractivity contribution in [3.8, 4) is 0 Å². The molecule has 0 unspecified atom stereocenters. The second kappa shape index (κ2) is 10.6. The number of aliphatic carboxylic acids is 1. The van der Waals surface area contributed by atoms with E-state index in [2.05, 4.69) is 9.50 Å². The fourth-order valence-corrected chi connectivity index (χ4v) is 3.89. The molecule has 0 bridgehead atoms. The molecule has 16 nitrogen and oxygen atoms in total. The maximum Gasteiger partial charge on any atom is 0.397 e. The summed E-state index contributed by atoms with van der Waals surface area (Å²) >= 11 is 0. The maximum absolute atomic E-state index is 11.6. The third-order valence-corrected chi connectivity index (χ3v) is 5.23. The van der Waals surface area contributed by atoms with E-state index in [4.69, 9.17) is 24.1 Å². The number of carbonyl (C=O) groups excluding carboxylic acids is 1. The SMILES string of the molecule is CO[C@H]1O[C@H](CO)[C@@H](O[C@@H]2O[C@H](C(=O)O)[C@@H](O)[C@H](O)[C@H]2O)[C@H](OS(=O)(=O)O)[C@H]1NC(C)=O. The van der Waals surface area contributed by atoms with Crippen LogP contribution in [0.15, 0.2) is 0 Å². The van der Waals surface area contributed by atoms with Crippen molar-refractivity contribution in [1.82, 2.24) is 5.32 Å². The number of methoxy groups -OCH3 is 1. The van der Waals surface area contributed by atoms with Gasteiger partial charge in [-0.2, -0.15) is 8.42 Å². The predicted molar refractivity (Wildman–Crippen MR) is 96.0 cm³/mol. The van der Waals surface area contributed by atoms with Gasteiger partial charge in [-0.05, 0) is 0 Å². The number of aliphatic hydroxyl groups is 4. The van der Waals surface area contributed by atoms with Crippen LogP contribution in [0, 0.1) is 0 Å². The smallest absolute Gasteiger partial charge is 0.397 e. The van der Waals surface area contributed by atoms with Crippen LogP contribution in [0.25, 0.3) is 0 Å². The first kappa shape index (κ1) is 26.7. The quantitative estimate of drug-likeness (QED) is 0.158. The molecule has 2 rings (SSSR count). The van der Waals surface area contributed by atoms with Crippen LogP contribution in [0.4, 0.5) is 0 Å². The number of hydrogen-bond donors (Lipinski definition) is 7. The Bertz CT molecular complexity index is 777. The van der Waals surface area contributed by atoms with Crippen molar-refractivity contribution in [3.05, 3.63) is 0 Å². The van der Waals surface area contributed by atoms with Gasteiger partial charge >= 0.3 is 16.4 Å². The van der Waals surface area contributed by atoms with Crippen molar-refractivity contribution in [2.75, 3.05) is 13.7 Å². The molecule has 2 saturated heterocycles. The second-order valence-corrected chi connectivity index (χ2v) is 8.06. The van der Waals surface area contributed by atoms with E-state index in [-0.39, 0.29) is 0 Å². The van der Waals surface area contributed by atoms with E-state index in [1.807, 2.05) is 0 Å². The number of aliphatic hydroxyl groups excluding tert-OH is 4. The second-order valence-electron chi connectivity index (χ2n) is 7.01. The van der Waals surface area contributed by atoms with Crippen molar-refractivity contribution in [2.24, 2.45) is 0 Å². The molecule has 17 heteroatoms. The predicted octanol–water partition coefficient (Wildman–Crippen LogP) is -4.68. The molecule has 2 heterocycles. The third-order valence-electron chi connectivity index (χ3n) is 4.77. The normalized spacial score (nSPS) is 40.6. The summed E-state index contributed by atoms with van der Waals surface area (Å²) in [6, 6.07) is -1.46. The van der Waals surface area contributed by atoms with Crippen LogP contribution < -0.4 is 5.32 Å². The molecule has 7 N–H and O–H groups in total. The maximum atomic E-state index is 11.6. The minimum Gasteiger partial charge on any atom is -0.479 e. The molecule has 32 heavy (non-hydrogen) atoms. The highest BCUT2D eigenvalue weighted by Gasteiger charge is 2.54. The molecule has 0 aliphatic carbocycles. The van der Waals surface area contributed by atoms with Crippen LogP contribution >= 0.6 is 0 Å². The van der Waals surface area contributed by atoms with Crippen molar-refractivity contribution >= 4 is 22.3 Å². The molecular formula is C15H25NO15S. The number of hydrogen-bond acceptors (Lipinski definition) is 13. The van der Waals surface area contributed by atoms with Crippen molar-refractivity contribution < 1.29 is 71.2 Å². The van der Waals surface area contributed by atoms with Gasteiger partial charge in [-0.15, -0.1) is 0 Å². The summed E-state index contributed by atoms with van der Waals surface area (Å²) in [6.45, 7) is 0.202. The highest BCUT2D eigenvalue weighted by Crippen LogP contribution is 2.31. The zero-order chi connectivity index (χ0) is 24.4. The van der Waals surface area contributed by atoms with Crippen LogP contribution in [0.2, 0.25) is 0 Å². The van der Waals surface area contributed by atoms with Crippen LogP contribution in [0.5, 0.6) is 0 Å². The fourth-order valence-electron chi connectivity index (χ4n) is 3.38. The van der Waals surface area contributed by atoms with Crippen molar-refractivity contribution in [1.29, 1.82) is 0 Å². The zero-order valence-electron chi connectivity index (χ0n) is 16.7. The first-order valence-corrected chi connectivity index (χ1v) is 10.5. The first-order chi connectivity index (χ1) is 14.8. The molecular weight excluding hydrogens is 466 g/mol. The molecule has 0 aromatic rings. The van der Waals surface area contributed by atoms with Crippen molar-refractivity contribution in [3.63, 3.8) is 0 Å². The van der Waals surface area contributed by atoms with E-state index in [0.717, 1.165) is 14.0 Å². The van der Waals surface area contributed by atoms with Gasteiger partial charge in [-0.25, -0.2) is 8.98 Å². The Morgan fingerprint density at radius 1 is 1.03 bits per heavy atom. The number of ether oxygens (including phenoxy) is 4. The Hall–Kier alpha value is -1.51. The van der Waals surface area contributed by atoms with Gasteiger partial charge in [-0.1, -0.05) is 0 Å². The average molecular weight is 491 g/mol. The number of carboxylic acids is 1.